The van der Waals surface area contributed by atoms with Crippen LogP contribution < -0.4 is 5.82 Å². The van der Waals surface area contributed by atoms with Crippen molar-refractivity contribution >= 4 is 0 Å². The van der Waals surface area contributed by atoms with E-state index in [0.717, 1.165) is 0 Å². The molecule has 0 bridgehead atoms. The molecule has 1 aromatic rings. The first-order chi connectivity index (χ1) is 10.4. The zero-order chi connectivity index (χ0) is 17.9. The Morgan fingerprint density at radius 3 is 2.13 bits per heavy atom. The average molecular weight is 360 g/mol. The number of rotatable bonds is 8. The Hall–Kier alpha value is -1.63. The summed E-state index contributed by atoms with van der Waals surface area (Å²) in [7, 11) is 0. The van der Waals surface area contributed by atoms with Crippen LogP contribution >= 0.6 is 0 Å². The van der Waals surface area contributed by atoms with Gasteiger partial charge in [0.1, 0.15) is 26.1 Å². The maximum atomic E-state index is 13.6. The van der Waals surface area contributed by atoms with Gasteiger partial charge in [0.05, 0.1) is 0 Å². The van der Waals surface area contributed by atoms with Crippen molar-refractivity contribution < 1.29 is 53.4 Å². The van der Waals surface area contributed by atoms with Gasteiger partial charge in [-0.25, -0.2) is 13.6 Å². The van der Waals surface area contributed by atoms with Gasteiger partial charge in [-0.05, 0) is 0 Å². The van der Waals surface area contributed by atoms with Crippen LogP contribution in [-0.2, 0) is 16.1 Å². The SMILES string of the molecule is O=c1occ(COCC(F)(OCC(F)(F)C(F)F)C(F)(F)F)o1. The fourth-order valence-electron chi connectivity index (χ4n) is 1.09. The first-order valence-corrected chi connectivity index (χ1v) is 5.58. The first kappa shape index (κ1) is 19.4. The molecule has 134 valence electrons. The van der Waals surface area contributed by atoms with Crippen LogP contribution in [0.4, 0.5) is 35.1 Å². The largest absolute Gasteiger partial charge is 0.518 e. The molecule has 0 fully saturated rings. The summed E-state index contributed by atoms with van der Waals surface area (Å²) in [4.78, 5) is 10.5. The van der Waals surface area contributed by atoms with E-state index in [0.29, 0.717) is 6.26 Å². The van der Waals surface area contributed by atoms with E-state index in [-0.39, 0.29) is 0 Å². The highest BCUT2D eigenvalue weighted by Gasteiger charge is 2.60. The molecule has 0 aliphatic rings. The van der Waals surface area contributed by atoms with Gasteiger partial charge in [-0.15, -0.1) is 0 Å². The van der Waals surface area contributed by atoms with E-state index >= 15 is 0 Å². The molecule has 0 spiro atoms. The lowest BCUT2D eigenvalue weighted by Crippen LogP contribution is -2.50. The molecule has 1 unspecified atom stereocenters. The molecule has 1 heterocycles. The van der Waals surface area contributed by atoms with Gasteiger partial charge in [0.15, 0.2) is 5.76 Å². The maximum Gasteiger partial charge on any atom is 0.518 e. The molecule has 0 N–H and O–H groups in total. The fourth-order valence-corrected chi connectivity index (χ4v) is 1.09. The summed E-state index contributed by atoms with van der Waals surface area (Å²) in [5, 5.41) is 0. The molecule has 0 amide bonds. The summed E-state index contributed by atoms with van der Waals surface area (Å²) in [6.07, 6.45) is -9.54. The monoisotopic (exact) mass is 360 g/mol. The van der Waals surface area contributed by atoms with Crippen molar-refractivity contribution in [1.82, 2.24) is 0 Å². The first-order valence-electron chi connectivity index (χ1n) is 5.58. The number of ether oxygens (including phenoxy) is 2. The van der Waals surface area contributed by atoms with Crippen molar-refractivity contribution in [2.45, 2.75) is 31.0 Å². The highest BCUT2D eigenvalue weighted by molar-refractivity contribution is 4.84. The predicted molar refractivity (Wildman–Crippen MR) is 53.7 cm³/mol. The lowest BCUT2D eigenvalue weighted by molar-refractivity contribution is -0.360. The van der Waals surface area contributed by atoms with E-state index in [9.17, 15) is 39.9 Å². The van der Waals surface area contributed by atoms with Gasteiger partial charge in [-0.3, -0.25) is 0 Å². The molecular weight excluding hydrogens is 352 g/mol. The fraction of sp³-hybridized carbons (Fsp3) is 0.700. The summed E-state index contributed by atoms with van der Waals surface area (Å²) in [5.41, 5.74) is 0. The van der Waals surface area contributed by atoms with Crippen molar-refractivity contribution in [1.29, 1.82) is 0 Å². The lowest BCUT2D eigenvalue weighted by Gasteiger charge is -2.29. The zero-order valence-electron chi connectivity index (χ0n) is 10.8. The molecule has 5 nitrogen and oxygen atoms in total. The second kappa shape index (κ2) is 6.86. The minimum Gasteiger partial charge on any atom is -0.399 e. The van der Waals surface area contributed by atoms with Crippen molar-refractivity contribution in [3.63, 3.8) is 0 Å². The van der Waals surface area contributed by atoms with Gasteiger partial charge in [0.2, 0.25) is 0 Å². The molecular formula is C10H8F8O5. The van der Waals surface area contributed by atoms with Crippen LogP contribution in [0.5, 0.6) is 0 Å². The van der Waals surface area contributed by atoms with Crippen molar-refractivity contribution in [3.8, 4) is 0 Å². The molecule has 13 heteroatoms. The normalized spacial score (nSPS) is 15.9. The molecule has 1 aromatic heterocycles. The van der Waals surface area contributed by atoms with E-state index in [1.165, 1.54) is 0 Å². The third-order valence-corrected chi connectivity index (χ3v) is 2.27. The molecule has 0 aromatic carbocycles. The summed E-state index contributed by atoms with van der Waals surface area (Å²) in [6, 6.07) is 0. The smallest absolute Gasteiger partial charge is 0.399 e. The minimum atomic E-state index is -5.84. The molecule has 1 rings (SSSR count). The zero-order valence-corrected chi connectivity index (χ0v) is 10.8. The second-order valence-corrected chi connectivity index (χ2v) is 4.12. The van der Waals surface area contributed by atoms with Gasteiger partial charge in [0, 0.05) is 0 Å². The molecule has 0 aliphatic carbocycles. The summed E-state index contributed by atoms with van der Waals surface area (Å²) >= 11 is 0. The van der Waals surface area contributed by atoms with Crippen LogP contribution in [0, 0.1) is 0 Å². The van der Waals surface area contributed by atoms with E-state index in [1.807, 2.05) is 0 Å². The average Bonchev–Trinajstić information content (AvgIpc) is 2.81. The van der Waals surface area contributed by atoms with E-state index in [2.05, 4.69) is 18.3 Å². The third kappa shape index (κ3) is 5.20. The van der Waals surface area contributed by atoms with Crippen LogP contribution in [0.2, 0.25) is 0 Å². The van der Waals surface area contributed by atoms with Gasteiger partial charge >= 0.3 is 30.2 Å². The van der Waals surface area contributed by atoms with Crippen molar-refractivity contribution in [3.05, 3.63) is 22.6 Å². The van der Waals surface area contributed by atoms with Gasteiger partial charge < -0.3 is 18.3 Å². The molecule has 0 saturated heterocycles. The van der Waals surface area contributed by atoms with E-state index in [4.69, 9.17) is 0 Å². The second-order valence-electron chi connectivity index (χ2n) is 4.12. The Labute approximate surface area is 121 Å². The molecule has 0 aliphatic heterocycles. The topological polar surface area (TPSA) is 61.8 Å². The highest BCUT2D eigenvalue weighted by atomic mass is 19.4. The number of hydrogen-bond acceptors (Lipinski definition) is 5. The van der Waals surface area contributed by atoms with Crippen LogP contribution in [0.15, 0.2) is 19.9 Å². The van der Waals surface area contributed by atoms with Crippen LogP contribution in [-0.4, -0.2) is 37.6 Å². The van der Waals surface area contributed by atoms with Crippen LogP contribution in [0.25, 0.3) is 0 Å². The Kier molecular flexibility index (Phi) is 5.79. The summed E-state index contributed by atoms with van der Waals surface area (Å²) < 4.78 is 116. The van der Waals surface area contributed by atoms with Gasteiger partial charge in [0.25, 0.3) is 0 Å². The van der Waals surface area contributed by atoms with Crippen molar-refractivity contribution in [2.75, 3.05) is 13.2 Å². The Bertz CT molecular complexity index is 550. The van der Waals surface area contributed by atoms with Crippen LogP contribution in [0.1, 0.15) is 5.76 Å². The minimum absolute atomic E-state index is 0.419. The molecule has 0 radical (unpaired) electrons. The summed E-state index contributed by atoms with van der Waals surface area (Å²) in [6.45, 7) is -5.38. The van der Waals surface area contributed by atoms with Crippen LogP contribution in [0.3, 0.4) is 0 Å². The van der Waals surface area contributed by atoms with E-state index in [1.54, 1.807) is 0 Å². The lowest BCUT2D eigenvalue weighted by atomic mass is 10.3. The quantitative estimate of drug-likeness (QED) is 0.667. The highest BCUT2D eigenvalue weighted by Crippen LogP contribution is 2.37. The Morgan fingerprint density at radius 1 is 1.09 bits per heavy atom. The standard InChI is InChI=1S/C10H8F8O5/c11-6(12)8(13,14)3-22-9(15,10(16,17)18)4-20-1-5-2-21-7(19)23-5/h2,6H,1,3-4H2. The molecule has 23 heavy (non-hydrogen) atoms. The number of alkyl halides is 8. The number of hydrogen-bond donors (Lipinski definition) is 0. The third-order valence-electron chi connectivity index (χ3n) is 2.27. The maximum absolute atomic E-state index is 13.6. The van der Waals surface area contributed by atoms with Crippen molar-refractivity contribution in [2.24, 2.45) is 0 Å². The summed E-state index contributed by atoms with van der Waals surface area (Å²) in [5.74, 6) is -11.4. The van der Waals surface area contributed by atoms with E-state index < -0.39 is 55.8 Å². The number of halogens is 8. The van der Waals surface area contributed by atoms with Gasteiger partial charge in [-0.1, -0.05) is 0 Å². The Morgan fingerprint density at radius 2 is 1.70 bits per heavy atom. The molecule has 1 atom stereocenters. The Balaban J connectivity index is 2.69. The molecule has 0 saturated carbocycles. The van der Waals surface area contributed by atoms with Gasteiger partial charge in [-0.2, -0.15) is 26.3 Å². The predicted octanol–water partition coefficient (Wildman–Crippen LogP) is 2.89.